The smallest absolute Gasteiger partial charge is 0.245 e. The largest absolute Gasteiger partial charge is 0.352 e. The van der Waals surface area contributed by atoms with Gasteiger partial charge in [0.05, 0.1) is 17.3 Å². The van der Waals surface area contributed by atoms with Crippen molar-refractivity contribution in [3.8, 4) is 5.69 Å². The Balaban J connectivity index is 1.55. The van der Waals surface area contributed by atoms with E-state index in [9.17, 15) is 9.59 Å². The SMILES string of the molecule is O=c1n(-c2ccccc2)c(=O)n2n1[C@H]1C=CC=C1C21C2CC3CC(C2)CC1C3. The first-order valence-electron chi connectivity index (χ1n) is 10.6. The Morgan fingerprint density at radius 3 is 2.21 bits per heavy atom. The number of aromatic nitrogens is 3. The summed E-state index contributed by atoms with van der Waals surface area (Å²) in [5.41, 5.74) is 1.31. The highest BCUT2D eigenvalue weighted by Gasteiger charge is 2.65. The minimum absolute atomic E-state index is 0.0947. The average molecular weight is 373 g/mol. The van der Waals surface area contributed by atoms with Gasteiger partial charge >= 0.3 is 11.4 Å². The number of allylic oxidation sites excluding steroid dienone is 4. The first-order chi connectivity index (χ1) is 13.7. The molecule has 8 rings (SSSR count). The molecule has 4 saturated carbocycles. The molecule has 0 saturated heterocycles. The van der Waals surface area contributed by atoms with E-state index in [0.717, 1.165) is 11.8 Å². The third kappa shape index (κ3) is 1.54. The van der Waals surface area contributed by atoms with Gasteiger partial charge in [-0.05, 0) is 73.5 Å². The summed E-state index contributed by atoms with van der Waals surface area (Å²) in [7, 11) is 0. The molecule has 5 nitrogen and oxygen atoms in total. The molecule has 4 bridgehead atoms. The van der Waals surface area contributed by atoms with Crippen molar-refractivity contribution >= 4 is 0 Å². The Kier molecular flexibility index (Phi) is 2.68. The van der Waals surface area contributed by atoms with Gasteiger partial charge in [-0.1, -0.05) is 36.4 Å². The summed E-state index contributed by atoms with van der Waals surface area (Å²) >= 11 is 0. The summed E-state index contributed by atoms with van der Waals surface area (Å²) in [4.78, 5) is 27.3. The molecule has 6 aliphatic rings. The van der Waals surface area contributed by atoms with E-state index in [1.54, 1.807) is 4.68 Å². The van der Waals surface area contributed by atoms with Gasteiger partial charge < -0.3 is 0 Å². The average Bonchev–Trinajstić information content (AvgIpc) is 3.33. The van der Waals surface area contributed by atoms with Crippen LogP contribution in [0.2, 0.25) is 0 Å². The molecule has 28 heavy (non-hydrogen) atoms. The second kappa shape index (κ2) is 4.88. The molecule has 1 aromatic carbocycles. The second-order valence-corrected chi connectivity index (χ2v) is 9.47. The molecule has 5 heteroatoms. The molecule has 1 spiro atoms. The molecule has 5 aliphatic carbocycles. The minimum Gasteiger partial charge on any atom is -0.245 e. The molecular weight excluding hydrogens is 350 g/mol. The molecule has 0 radical (unpaired) electrons. The molecule has 1 aromatic heterocycles. The fourth-order valence-corrected chi connectivity index (χ4v) is 7.73. The number of hydrogen-bond donors (Lipinski definition) is 0. The standard InChI is InChI=1S/C23H23N3O2/c27-21-24(18-5-2-1-3-6-18)22(28)26-23(19-7-4-8-20(19)25(21)26)16-10-14-9-15(12-16)13-17(23)11-14/h1-8,14-17,20H,9-13H2/t14?,15?,16?,17?,20-,23?/m0/s1. The zero-order chi connectivity index (χ0) is 18.6. The Labute approximate surface area is 162 Å². The van der Waals surface area contributed by atoms with Gasteiger partial charge in [-0.15, -0.1) is 0 Å². The predicted molar refractivity (Wildman–Crippen MR) is 106 cm³/mol. The van der Waals surface area contributed by atoms with Gasteiger partial charge in [0.1, 0.15) is 0 Å². The highest BCUT2D eigenvalue weighted by atomic mass is 16.2. The van der Waals surface area contributed by atoms with E-state index >= 15 is 0 Å². The van der Waals surface area contributed by atoms with Gasteiger partial charge in [-0.25, -0.2) is 23.5 Å². The molecule has 0 N–H and O–H groups in total. The summed E-state index contributed by atoms with van der Waals surface area (Å²) in [6.07, 6.45) is 12.6. The van der Waals surface area contributed by atoms with E-state index in [0.29, 0.717) is 17.5 Å². The Hall–Kier alpha value is -2.56. The summed E-state index contributed by atoms with van der Waals surface area (Å²) in [6.45, 7) is 0. The first kappa shape index (κ1) is 15.4. The molecule has 1 aliphatic heterocycles. The van der Waals surface area contributed by atoms with E-state index in [1.807, 2.05) is 35.0 Å². The highest BCUT2D eigenvalue weighted by molar-refractivity contribution is 5.43. The number of benzene rings is 1. The number of fused-ring (bicyclic) bond motifs is 3. The van der Waals surface area contributed by atoms with Crippen LogP contribution >= 0.6 is 0 Å². The van der Waals surface area contributed by atoms with Crippen LogP contribution in [-0.4, -0.2) is 13.9 Å². The van der Waals surface area contributed by atoms with E-state index in [4.69, 9.17) is 0 Å². The number of para-hydroxylation sites is 1. The Morgan fingerprint density at radius 1 is 0.857 bits per heavy atom. The third-order valence-corrected chi connectivity index (χ3v) is 8.34. The van der Waals surface area contributed by atoms with Crippen LogP contribution in [0.25, 0.3) is 5.69 Å². The minimum atomic E-state index is -0.294. The number of hydrogen-bond acceptors (Lipinski definition) is 2. The lowest BCUT2D eigenvalue weighted by molar-refractivity contribution is -0.0794. The van der Waals surface area contributed by atoms with Crippen LogP contribution in [0, 0.1) is 23.7 Å². The van der Waals surface area contributed by atoms with Crippen LogP contribution in [0.15, 0.2) is 63.7 Å². The van der Waals surface area contributed by atoms with Crippen molar-refractivity contribution in [2.45, 2.75) is 43.7 Å². The third-order valence-electron chi connectivity index (χ3n) is 8.34. The topological polar surface area (TPSA) is 48.9 Å². The monoisotopic (exact) mass is 373 g/mol. The quantitative estimate of drug-likeness (QED) is 0.772. The van der Waals surface area contributed by atoms with Crippen molar-refractivity contribution in [2.75, 3.05) is 0 Å². The van der Waals surface area contributed by atoms with Gasteiger partial charge in [0, 0.05) is 0 Å². The van der Waals surface area contributed by atoms with Crippen molar-refractivity contribution in [3.63, 3.8) is 0 Å². The number of rotatable bonds is 1. The van der Waals surface area contributed by atoms with Crippen LogP contribution in [0.1, 0.15) is 38.1 Å². The normalized spacial score (nSPS) is 38.9. The molecule has 0 amide bonds. The van der Waals surface area contributed by atoms with E-state index in [1.165, 1.54) is 42.2 Å². The maximum absolute atomic E-state index is 13.8. The van der Waals surface area contributed by atoms with Crippen LogP contribution in [0.4, 0.5) is 0 Å². The van der Waals surface area contributed by atoms with Crippen LogP contribution in [-0.2, 0) is 5.54 Å². The van der Waals surface area contributed by atoms with Crippen LogP contribution < -0.4 is 11.4 Å². The number of nitrogens with zero attached hydrogens (tertiary/aromatic N) is 3. The maximum atomic E-state index is 13.8. The van der Waals surface area contributed by atoms with Crippen LogP contribution in [0.3, 0.4) is 0 Å². The van der Waals surface area contributed by atoms with Crippen molar-refractivity contribution < 1.29 is 0 Å². The Bertz CT molecular complexity index is 1150. The summed E-state index contributed by atoms with van der Waals surface area (Å²) in [5, 5.41) is 0. The molecule has 2 aromatic rings. The fraction of sp³-hybridized carbons (Fsp3) is 0.478. The maximum Gasteiger partial charge on any atom is 0.352 e. The van der Waals surface area contributed by atoms with Crippen LogP contribution in [0.5, 0.6) is 0 Å². The second-order valence-electron chi connectivity index (χ2n) is 9.47. The van der Waals surface area contributed by atoms with E-state index in [2.05, 4.69) is 18.2 Å². The zero-order valence-electron chi connectivity index (χ0n) is 15.7. The van der Waals surface area contributed by atoms with Gasteiger partial charge in [0.2, 0.25) is 0 Å². The van der Waals surface area contributed by atoms with E-state index < -0.39 is 0 Å². The fourth-order valence-electron chi connectivity index (χ4n) is 7.73. The van der Waals surface area contributed by atoms with Crippen molar-refractivity contribution in [2.24, 2.45) is 23.7 Å². The van der Waals surface area contributed by atoms with Gasteiger partial charge in [-0.2, -0.15) is 0 Å². The first-order valence-corrected chi connectivity index (χ1v) is 10.6. The molecule has 4 fully saturated rings. The van der Waals surface area contributed by atoms with Crippen molar-refractivity contribution in [1.82, 2.24) is 13.9 Å². The van der Waals surface area contributed by atoms with E-state index in [-0.39, 0.29) is 23.0 Å². The lowest BCUT2D eigenvalue weighted by Gasteiger charge is -2.60. The van der Waals surface area contributed by atoms with Gasteiger partial charge in [0.25, 0.3) is 0 Å². The van der Waals surface area contributed by atoms with Crippen molar-refractivity contribution in [3.05, 3.63) is 75.1 Å². The predicted octanol–water partition coefficient (Wildman–Crippen LogP) is 3.00. The molecule has 142 valence electrons. The Morgan fingerprint density at radius 2 is 1.54 bits per heavy atom. The van der Waals surface area contributed by atoms with Gasteiger partial charge in [-0.3, -0.25) is 0 Å². The molecule has 2 heterocycles. The zero-order valence-corrected chi connectivity index (χ0v) is 15.7. The van der Waals surface area contributed by atoms with Crippen molar-refractivity contribution in [1.29, 1.82) is 0 Å². The summed E-state index contributed by atoms with van der Waals surface area (Å²) in [6, 6.07) is 9.29. The van der Waals surface area contributed by atoms with Gasteiger partial charge in [0.15, 0.2) is 0 Å². The summed E-state index contributed by atoms with van der Waals surface area (Å²) < 4.78 is 5.07. The highest BCUT2D eigenvalue weighted by Crippen LogP contribution is 2.66. The lowest BCUT2D eigenvalue weighted by atomic mass is 9.47. The molecule has 0 unspecified atom stereocenters. The summed E-state index contributed by atoms with van der Waals surface area (Å²) in [5.74, 6) is 2.59. The lowest BCUT2D eigenvalue weighted by Crippen LogP contribution is -2.60. The molecule has 1 atom stereocenters. The molecular formula is C23H23N3O2.